The van der Waals surface area contributed by atoms with Gasteiger partial charge in [0.25, 0.3) is 0 Å². The first-order valence-corrected chi connectivity index (χ1v) is 7.25. The van der Waals surface area contributed by atoms with Crippen molar-refractivity contribution in [3.8, 4) is 0 Å². The quantitative estimate of drug-likeness (QED) is 0.487. The molecular formula is C14H20N2OS. The molecule has 1 heterocycles. The van der Waals surface area contributed by atoms with Crippen molar-refractivity contribution in [3.05, 3.63) is 41.7 Å². The predicted molar refractivity (Wildman–Crippen MR) is 76.3 cm³/mol. The van der Waals surface area contributed by atoms with Gasteiger partial charge in [0.1, 0.15) is 0 Å². The smallest absolute Gasteiger partial charge is 0.0876 e. The second-order valence-electron chi connectivity index (χ2n) is 4.46. The van der Waals surface area contributed by atoms with Crippen LogP contribution in [0.2, 0.25) is 0 Å². The number of hydrazine groups is 1. The molecule has 3 nitrogen and oxygen atoms in total. The Labute approximate surface area is 113 Å². The van der Waals surface area contributed by atoms with Crippen LogP contribution in [0, 0.1) is 6.92 Å². The summed E-state index contributed by atoms with van der Waals surface area (Å²) in [5, 5.41) is 0. The van der Waals surface area contributed by atoms with Gasteiger partial charge in [0.05, 0.1) is 18.9 Å². The fraction of sp³-hybridized carbons (Fsp3) is 0.429. The summed E-state index contributed by atoms with van der Waals surface area (Å²) >= 11 is 1.83. The lowest BCUT2D eigenvalue weighted by Crippen LogP contribution is -2.39. The van der Waals surface area contributed by atoms with E-state index in [0.717, 1.165) is 25.2 Å². The zero-order valence-electron chi connectivity index (χ0n) is 10.7. The molecule has 2 rings (SSSR count). The number of aryl methyl sites for hydroxylation is 1. The standard InChI is InChI=1S/C14H20N2OS/c1-11-5-2-3-7-14(11)18-10-13(16-15)12-6-4-8-17-9-12/h2-3,5,7,9,13,16H,4,6,8,10,15H2,1H3. The molecule has 0 aromatic heterocycles. The van der Waals surface area contributed by atoms with E-state index in [4.69, 9.17) is 10.6 Å². The normalized spacial score (nSPS) is 16.9. The third-order valence-electron chi connectivity index (χ3n) is 3.11. The summed E-state index contributed by atoms with van der Waals surface area (Å²) in [6.07, 6.45) is 4.02. The molecule has 1 aliphatic heterocycles. The molecule has 0 radical (unpaired) electrons. The van der Waals surface area contributed by atoms with Crippen LogP contribution in [0.5, 0.6) is 0 Å². The molecule has 3 N–H and O–H groups in total. The van der Waals surface area contributed by atoms with E-state index in [1.165, 1.54) is 16.0 Å². The Kier molecular flexibility index (Phi) is 5.11. The van der Waals surface area contributed by atoms with Gasteiger partial charge in [-0.1, -0.05) is 18.2 Å². The van der Waals surface area contributed by atoms with E-state index in [-0.39, 0.29) is 6.04 Å². The van der Waals surface area contributed by atoms with Gasteiger partial charge in [-0.05, 0) is 37.0 Å². The van der Waals surface area contributed by atoms with E-state index in [9.17, 15) is 0 Å². The second-order valence-corrected chi connectivity index (χ2v) is 5.52. The zero-order chi connectivity index (χ0) is 12.8. The third-order valence-corrected chi connectivity index (χ3v) is 4.38. The Morgan fingerprint density at radius 3 is 2.94 bits per heavy atom. The van der Waals surface area contributed by atoms with E-state index in [1.807, 2.05) is 18.0 Å². The summed E-state index contributed by atoms with van der Waals surface area (Å²) in [6, 6.07) is 8.61. The Morgan fingerprint density at radius 2 is 2.28 bits per heavy atom. The van der Waals surface area contributed by atoms with E-state index >= 15 is 0 Å². The van der Waals surface area contributed by atoms with Gasteiger partial charge in [0, 0.05) is 10.6 Å². The van der Waals surface area contributed by atoms with E-state index in [1.54, 1.807) is 0 Å². The SMILES string of the molecule is Cc1ccccc1SCC(NN)C1=COCCC1. The highest BCUT2D eigenvalue weighted by molar-refractivity contribution is 7.99. The van der Waals surface area contributed by atoms with Crippen LogP contribution < -0.4 is 11.3 Å². The van der Waals surface area contributed by atoms with Crippen molar-refractivity contribution in [2.24, 2.45) is 5.84 Å². The lowest BCUT2D eigenvalue weighted by Gasteiger charge is -2.22. The van der Waals surface area contributed by atoms with Crippen molar-refractivity contribution in [2.45, 2.75) is 30.7 Å². The summed E-state index contributed by atoms with van der Waals surface area (Å²) in [6.45, 7) is 2.96. The zero-order valence-corrected chi connectivity index (χ0v) is 11.5. The average Bonchev–Trinajstić information content (AvgIpc) is 2.42. The van der Waals surface area contributed by atoms with Gasteiger partial charge in [-0.3, -0.25) is 11.3 Å². The minimum atomic E-state index is 0.190. The van der Waals surface area contributed by atoms with Gasteiger partial charge in [-0.2, -0.15) is 0 Å². The fourth-order valence-electron chi connectivity index (χ4n) is 1.99. The minimum absolute atomic E-state index is 0.190. The number of nitrogens with one attached hydrogen (secondary N) is 1. The van der Waals surface area contributed by atoms with Gasteiger partial charge in [-0.25, -0.2) is 0 Å². The molecule has 1 aliphatic rings. The van der Waals surface area contributed by atoms with Crippen molar-refractivity contribution in [2.75, 3.05) is 12.4 Å². The van der Waals surface area contributed by atoms with Crippen LogP contribution in [0.1, 0.15) is 18.4 Å². The molecule has 0 spiro atoms. The largest absolute Gasteiger partial charge is 0.501 e. The molecule has 0 fully saturated rings. The Morgan fingerprint density at radius 1 is 1.44 bits per heavy atom. The Balaban J connectivity index is 1.95. The van der Waals surface area contributed by atoms with Gasteiger partial charge >= 0.3 is 0 Å². The second kappa shape index (κ2) is 6.83. The fourth-order valence-corrected chi connectivity index (χ4v) is 3.12. The molecular weight excluding hydrogens is 244 g/mol. The molecule has 1 unspecified atom stereocenters. The van der Waals surface area contributed by atoms with E-state index in [2.05, 4.69) is 36.6 Å². The van der Waals surface area contributed by atoms with Crippen LogP contribution in [0.25, 0.3) is 0 Å². The Bertz CT molecular complexity index is 420. The van der Waals surface area contributed by atoms with Crippen LogP contribution >= 0.6 is 11.8 Å². The van der Waals surface area contributed by atoms with Crippen molar-refractivity contribution >= 4 is 11.8 Å². The summed E-state index contributed by atoms with van der Waals surface area (Å²) in [4.78, 5) is 1.31. The first-order valence-electron chi connectivity index (χ1n) is 6.26. The van der Waals surface area contributed by atoms with Crippen molar-refractivity contribution in [1.82, 2.24) is 5.43 Å². The first kappa shape index (κ1) is 13.5. The molecule has 0 saturated carbocycles. The third kappa shape index (κ3) is 3.51. The van der Waals surface area contributed by atoms with Crippen LogP contribution in [0.15, 0.2) is 41.0 Å². The van der Waals surface area contributed by atoms with E-state index in [0.29, 0.717) is 0 Å². The molecule has 1 aromatic rings. The van der Waals surface area contributed by atoms with Crippen LogP contribution in [-0.2, 0) is 4.74 Å². The first-order chi connectivity index (χ1) is 8.81. The summed E-state index contributed by atoms with van der Waals surface area (Å²) < 4.78 is 5.37. The van der Waals surface area contributed by atoms with Crippen molar-refractivity contribution in [1.29, 1.82) is 0 Å². The van der Waals surface area contributed by atoms with Crippen LogP contribution in [0.4, 0.5) is 0 Å². The monoisotopic (exact) mass is 264 g/mol. The highest BCUT2D eigenvalue weighted by atomic mass is 32.2. The number of ether oxygens (including phenoxy) is 1. The lowest BCUT2D eigenvalue weighted by molar-refractivity contribution is 0.220. The van der Waals surface area contributed by atoms with Crippen LogP contribution in [-0.4, -0.2) is 18.4 Å². The molecule has 0 bridgehead atoms. The molecule has 98 valence electrons. The summed E-state index contributed by atoms with van der Waals surface area (Å²) in [7, 11) is 0. The maximum absolute atomic E-state index is 5.65. The molecule has 0 amide bonds. The average molecular weight is 264 g/mol. The molecule has 4 heteroatoms. The Hall–Kier alpha value is -0.970. The summed E-state index contributed by atoms with van der Waals surface area (Å²) in [5.74, 6) is 6.57. The predicted octanol–water partition coefficient (Wildman–Crippen LogP) is 2.61. The van der Waals surface area contributed by atoms with Gasteiger partial charge in [0.15, 0.2) is 0 Å². The van der Waals surface area contributed by atoms with Crippen LogP contribution in [0.3, 0.4) is 0 Å². The molecule has 0 aliphatic carbocycles. The van der Waals surface area contributed by atoms with Crippen molar-refractivity contribution < 1.29 is 4.74 Å². The lowest BCUT2D eigenvalue weighted by atomic mass is 10.0. The molecule has 1 atom stereocenters. The highest BCUT2D eigenvalue weighted by Crippen LogP contribution is 2.25. The number of benzene rings is 1. The molecule has 18 heavy (non-hydrogen) atoms. The minimum Gasteiger partial charge on any atom is -0.501 e. The summed E-state index contributed by atoms with van der Waals surface area (Å²) in [5.41, 5.74) is 5.47. The highest BCUT2D eigenvalue weighted by Gasteiger charge is 2.16. The molecule has 1 aromatic carbocycles. The topological polar surface area (TPSA) is 47.3 Å². The van der Waals surface area contributed by atoms with Crippen molar-refractivity contribution in [3.63, 3.8) is 0 Å². The van der Waals surface area contributed by atoms with E-state index < -0.39 is 0 Å². The number of rotatable bonds is 5. The number of hydrogen-bond donors (Lipinski definition) is 2. The van der Waals surface area contributed by atoms with Gasteiger partial charge in [0.2, 0.25) is 0 Å². The number of thioether (sulfide) groups is 1. The number of nitrogens with two attached hydrogens (primary N) is 1. The number of hydrogen-bond acceptors (Lipinski definition) is 4. The van der Waals surface area contributed by atoms with Gasteiger partial charge < -0.3 is 4.74 Å². The molecule has 0 saturated heterocycles. The maximum atomic E-state index is 5.65. The maximum Gasteiger partial charge on any atom is 0.0876 e. The van der Waals surface area contributed by atoms with Gasteiger partial charge in [-0.15, -0.1) is 11.8 Å².